The van der Waals surface area contributed by atoms with E-state index in [1.54, 1.807) is 24.3 Å². The Balaban J connectivity index is 1.53. The minimum atomic E-state index is -0.848. The van der Waals surface area contributed by atoms with Gasteiger partial charge in [0.15, 0.2) is 0 Å². The third-order valence-corrected chi connectivity index (χ3v) is 9.12. The summed E-state index contributed by atoms with van der Waals surface area (Å²) in [5, 5.41) is 10.2. The van der Waals surface area contributed by atoms with Crippen LogP contribution in [0.15, 0.2) is 48.4 Å². The average molecular weight is 588 g/mol. The first kappa shape index (κ1) is 30.4. The van der Waals surface area contributed by atoms with Gasteiger partial charge in [-0.3, -0.25) is 9.59 Å². The maximum absolute atomic E-state index is 13.1. The number of carbonyl (C=O) groups excluding carboxylic acids is 4. The van der Waals surface area contributed by atoms with Crippen molar-refractivity contribution < 1.29 is 33.8 Å². The zero-order valence-electron chi connectivity index (χ0n) is 23.3. The van der Waals surface area contributed by atoms with Gasteiger partial charge in [-0.1, -0.05) is 32.2 Å². The molecule has 2 fully saturated rings. The lowest BCUT2D eigenvalue weighted by Crippen LogP contribution is -2.63. The Morgan fingerprint density at radius 3 is 2.63 bits per heavy atom. The molecule has 4 heterocycles. The Morgan fingerprint density at radius 1 is 1.27 bits per heavy atom. The van der Waals surface area contributed by atoms with Gasteiger partial charge in [-0.25, -0.2) is 14.6 Å². The summed E-state index contributed by atoms with van der Waals surface area (Å²) in [4.78, 5) is 58.3. The van der Waals surface area contributed by atoms with Crippen LogP contribution in [0.25, 0.3) is 0 Å². The monoisotopic (exact) mass is 587 g/mol. The third kappa shape index (κ3) is 6.35. The number of hydrogen-bond donors (Lipinski definition) is 2. The Morgan fingerprint density at radius 2 is 1.98 bits per heavy atom. The second-order valence-electron chi connectivity index (χ2n) is 10.5. The first-order valence-electron chi connectivity index (χ1n) is 13.6. The predicted molar refractivity (Wildman–Crippen MR) is 151 cm³/mol. The molecule has 1 aromatic rings. The van der Waals surface area contributed by atoms with Crippen LogP contribution in [0, 0.1) is 11.8 Å². The van der Waals surface area contributed by atoms with Crippen molar-refractivity contribution in [1.29, 1.82) is 0 Å². The Labute approximate surface area is 243 Å². The summed E-state index contributed by atoms with van der Waals surface area (Å²) in [6.45, 7) is 11.7. The zero-order chi connectivity index (χ0) is 29.8. The molecule has 0 bridgehead atoms. The number of ether oxygens (including phenoxy) is 2. The van der Waals surface area contributed by atoms with Crippen LogP contribution < -0.4 is 5.73 Å². The van der Waals surface area contributed by atoms with Crippen LogP contribution in [0.1, 0.15) is 32.4 Å². The van der Waals surface area contributed by atoms with E-state index in [0.29, 0.717) is 31.6 Å². The summed E-state index contributed by atoms with van der Waals surface area (Å²) < 4.78 is 12.6. The smallest absolute Gasteiger partial charge is 0.410 e. The largest absolute Gasteiger partial charge is 0.457 e. The molecule has 0 unspecified atom stereocenters. The highest BCUT2D eigenvalue weighted by molar-refractivity contribution is 8.03. The molecule has 6 atom stereocenters. The highest BCUT2D eigenvalue weighted by Gasteiger charge is 2.60. The van der Waals surface area contributed by atoms with Gasteiger partial charge < -0.3 is 34.7 Å². The molecule has 3 N–H and O–H groups in total. The van der Waals surface area contributed by atoms with Crippen LogP contribution in [-0.2, 0) is 36.8 Å². The number of nitrogens with two attached hydrogens (primary N) is 1. The van der Waals surface area contributed by atoms with E-state index in [1.807, 2.05) is 11.5 Å². The molecule has 0 saturated carbocycles. The lowest BCUT2D eigenvalue weighted by molar-refractivity contribution is -0.164. The number of primary amides is 1. The van der Waals surface area contributed by atoms with Crippen molar-refractivity contribution in [3.8, 4) is 0 Å². The van der Waals surface area contributed by atoms with Gasteiger partial charge in [-0.15, -0.1) is 11.8 Å². The molecule has 0 aromatic carbocycles. The normalized spacial score (nSPS) is 25.9. The molecule has 0 spiro atoms. The van der Waals surface area contributed by atoms with Crippen molar-refractivity contribution in [2.45, 2.75) is 63.1 Å². The molecule has 0 aliphatic carbocycles. The number of nitrogens with zero attached hydrogens (tertiary/aromatic N) is 4. The molecular formula is C28H37N5O7S. The standard InChI is InChI=1S/C28H37N5O7S/c1-5-9-39-27(37)24-25(16(3)23-22(17(4)34)26(36)33(23)24)41-20-12-19(32(14-20)28(38)40-10-6-2)7-8-31-13-18(30-15-31)11-21(29)35/h5-6,13,15-17,19-20,22-23,34H,1-2,7-12,14H2,3-4H3,(H2,29,35)/t16-,17-,19-,20+,22-,23-/m1/s1. The zero-order valence-corrected chi connectivity index (χ0v) is 24.1. The molecular weight excluding hydrogens is 550 g/mol. The highest BCUT2D eigenvalue weighted by atomic mass is 32.2. The minimum absolute atomic E-state index is 0.00498. The van der Waals surface area contributed by atoms with E-state index >= 15 is 0 Å². The van der Waals surface area contributed by atoms with Gasteiger partial charge in [-0.05, 0) is 19.8 Å². The molecule has 1 aromatic heterocycles. The first-order chi connectivity index (χ1) is 19.6. The molecule has 3 aliphatic rings. The van der Waals surface area contributed by atoms with Gasteiger partial charge in [0.1, 0.15) is 18.9 Å². The van der Waals surface area contributed by atoms with E-state index in [0.717, 1.165) is 4.91 Å². The van der Waals surface area contributed by atoms with E-state index in [4.69, 9.17) is 15.2 Å². The number of aromatic nitrogens is 2. The minimum Gasteiger partial charge on any atom is -0.457 e. The number of thioether (sulfide) groups is 1. The van der Waals surface area contributed by atoms with Crippen molar-refractivity contribution in [2.24, 2.45) is 17.6 Å². The molecule has 3 amide bonds. The summed E-state index contributed by atoms with van der Waals surface area (Å²) in [5.41, 5.74) is 6.05. The fraction of sp³-hybridized carbons (Fsp3) is 0.536. The number of imidazole rings is 1. The van der Waals surface area contributed by atoms with Crippen molar-refractivity contribution in [2.75, 3.05) is 19.8 Å². The van der Waals surface area contributed by atoms with Crippen molar-refractivity contribution in [3.05, 3.63) is 54.1 Å². The fourth-order valence-corrected chi connectivity index (χ4v) is 7.38. The van der Waals surface area contributed by atoms with E-state index in [-0.39, 0.29) is 54.5 Å². The number of esters is 1. The van der Waals surface area contributed by atoms with E-state index in [1.165, 1.54) is 28.8 Å². The van der Waals surface area contributed by atoms with Gasteiger partial charge in [0.05, 0.1) is 36.5 Å². The van der Waals surface area contributed by atoms with Gasteiger partial charge in [0.25, 0.3) is 0 Å². The van der Waals surface area contributed by atoms with E-state index < -0.39 is 30.0 Å². The fourth-order valence-electron chi connectivity index (χ4n) is 5.82. The molecule has 13 heteroatoms. The maximum Gasteiger partial charge on any atom is 0.410 e. The van der Waals surface area contributed by atoms with Gasteiger partial charge in [0.2, 0.25) is 11.8 Å². The topological polar surface area (TPSA) is 157 Å². The van der Waals surface area contributed by atoms with Gasteiger partial charge in [0, 0.05) is 41.4 Å². The third-order valence-electron chi connectivity index (χ3n) is 7.63. The van der Waals surface area contributed by atoms with Crippen LogP contribution in [0.5, 0.6) is 0 Å². The number of aryl methyl sites for hydroxylation is 1. The molecule has 0 radical (unpaired) electrons. The number of rotatable bonds is 13. The van der Waals surface area contributed by atoms with Gasteiger partial charge in [-0.2, -0.15) is 0 Å². The van der Waals surface area contributed by atoms with Crippen LogP contribution in [0.2, 0.25) is 0 Å². The van der Waals surface area contributed by atoms with E-state index in [2.05, 4.69) is 18.1 Å². The average Bonchev–Trinajstić information content (AvgIpc) is 3.60. The summed E-state index contributed by atoms with van der Waals surface area (Å²) in [7, 11) is 0. The first-order valence-corrected chi connectivity index (χ1v) is 14.5. The lowest BCUT2D eigenvalue weighted by atomic mass is 9.79. The highest BCUT2D eigenvalue weighted by Crippen LogP contribution is 2.52. The Bertz CT molecular complexity index is 1240. The van der Waals surface area contributed by atoms with Gasteiger partial charge >= 0.3 is 12.1 Å². The van der Waals surface area contributed by atoms with Crippen molar-refractivity contribution in [3.63, 3.8) is 0 Å². The quantitative estimate of drug-likeness (QED) is 0.199. The maximum atomic E-state index is 13.1. The number of aliphatic hydroxyl groups excluding tert-OH is 1. The predicted octanol–water partition coefficient (Wildman–Crippen LogP) is 1.60. The van der Waals surface area contributed by atoms with Crippen molar-refractivity contribution >= 4 is 35.6 Å². The molecule has 2 saturated heterocycles. The number of likely N-dealkylation sites (tertiary alicyclic amines) is 1. The lowest BCUT2D eigenvalue weighted by Gasteiger charge is -2.46. The molecule has 41 heavy (non-hydrogen) atoms. The molecule has 222 valence electrons. The van der Waals surface area contributed by atoms with Crippen LogP contribution in [0.4, 0.5) is 4.79 Å². The summed E-state index contributed by atoms with van der Waals surface area (Å²) in [5.74, 6) is -2.16. The molecule has 4 rings (SSSR count). The number of carbonyl (C=O) groups is 4. The van der Waals surface area contributed by atoms with Crippen LogP contribution >= 0.6 is 11.8 Å². The number of β-lactam (4-membered cyclic amide) rings is 1. The van der Waals surface area contributed by atoms with Crippen molar-refractivity contribution in [1.82, 2.24) is 19.4 Å². The number of amides is 3. The number of fused-ring (bicyclic) bond motifs is 1. The van der Waals surface area contributed by atoms with Crippen LogP contribution in [-0.4, -0.2) is 91.5 Å². The number of aliphatic hydroxyl groups is 1. The second kappa shape index (κ2) is 12.9. The number of hydrogen-bond acceptors (Lipinski definition) is 9. The second-order valence-corrected chi connectivity index (χ2v) is 11.9. The molecule has 3 aliphatic heterocycles. The van der Waals surface area contributed by atoms with Crippen LogP contribution in [0.3, 0.4) is 0 Å². The Hall–Kier alpha value is -3.58. The summed E-state index contributed by atoms with van der Waals surface area (Å²) in [6.07, 6.45) is 6.34. The Kier molecular flexibility index (Phi) is 9.59. The van der Waals surface area contributed by atoms with E-state index in [9.17, 15) is 24.3 Å². The molecule has 12 nitrogen and oxygen atoms in total. The summed E-state index contributed by atoms with van der Waals surface area (Å²) in [6, 6.07) is -0.498. The summed E-state index contributed by atoms with van der Waals surface area (Å²) >= 11 is 1.47. The SMILES string of the molecule is C=CCOC(=O)C1=C(S[C@H]2C[C@@H](CCn3cnc(CC(N)=O)c3)N(C(=O)OCC=C)C2)[C@H](C)[C@@H]2[C@@H]([C@@H](C)O)C(=O)N12.